The van der Waals surface area contributed by atoms with E-state index in [-0.39, 0.29) is 6.04 Å². The van der Waals surface area contributed by atoms with E-state index >= 15 is 0 Å². The first kappa shape index (κ1) is 14.2. The van der Waals surface area contributed by atoms with Crippen LogP contribution in [0.1, 0.15) is 30.0 Å². The molecule has 0 aliphatic heterocycles. The first-order valence-corrected chi connectivity index (χ1v) is 7.83. The van der Waals surface area contributed by atoms with Crippen molar-refractivity contribution < 1.29 is 5.11 Å². The Hall–Kier alpha value is -1.76. The van der Waals surface area contributed by atoms with Crippen LogP contribution < -0.4 is 5.32 Å². The van der Waals surface area contributed by atoms with Crippen LogP contribution in [0.3, 0.4) is 0 Å². The Morgan fingerprint density at radius 2 is 2.33 bits per heavy atom. The van der Waals surface area contributed by atoms with E-state index in [0.29, 0.717) is 13.0 Å². The summed E-state index contributed by atoms with van der Waals surface area (Å²) in [5.41, 5.74) is 1.94. The molecule has 2 N–H and O–H groups in total. The Labute approximate surface area is 127 Å². The lowest BCUT2D eigenvalue weighted by atomic mass is 10.1. The third-order valence-electron chi connectivity index (χ3n) is 3.47. The molecular formula is C15H18N4OS. The van der Waals surface area contributed by atoms with E-state index in [2.05, 4.69) is 22.2 Å². The van der Waals surface area contributed by atoms with Crippen molar-refractivity contribution in [3.8, 4) is 0 Å². The van der Waals surface area contributed by atoms with E-state index in [4.69, 9.17) is 0 Å². The number of hydrogen-bond acceptors (Lipinski definition) is 5. The Morgan fingerprint density at radius 1 is 1.43 bits per heavy atom. The third-order valence-corrected chi connectivity index (χ3v) is 4.45. The average Bonchev–Trinajstić information content (AvgIpc) is 3.15. The van der Waals surface area contributed by atoms with E-state index in [1.54, 1.807) is 23.7 Å². The fraction of sp³-hybridized carbons (Fsp3) is 0.333. The molecule has 6 heteroatoms. The van der Waals surface area contributed by atoms with Crippen LogP contribution in [0, 0.1) is 0 Å². The molecule has 3 heterocycles. The molecule has 2 atom stereocenters. The van der Waals surface area contributed by atoms with Crippen molar-refractivity contribution in [2.75, 3.05) is 0 Å². The standard InChI is InChI=1S/C15H18N4OS/c1-11(7-13(20)14-3-2-6-21-14)17-8-12-9-18-15-10-16-4-5-19(12)15/h2-6,9-11,13,17,20H,7-8H2,1H3. The Balaban J connectivity index is 1.57. The van der Waals surface area contributed by atoms with E-state index in [9.17, 15) is 5.11 Å². The number of nitrogens with zero attached hydrogens (tertiary/aromatic N) is 3. The van der Waals surface area contributed by atoms with Gasteiger partial charge < -0.3 is 10.4 Å². The molecule has 110 valence electrons. The third kappa shape index (κ3) is 3.29. The van der Waals surface area contributed by atoms with Gasteiger partial charge in [0.25, 0.3) is 0 Å². The highest BCUT2D eigenvalue weighted by Crippen LogP contribution is 2.22. The molecule has 0 saturated heterocycles. The van der Waals surface area contributed by atoms with Crippen LogP contribution in [-0.2, 0) is 6.54 Å². The van der Waals surface area contributed by atoms with Gasteiger partial charge in [-0.05, 0) is 24.8 Å². The molecule has 0 fully saturated rings. The van der Waals surface area contributed by atoms with Gasteiger partial charge in [-0.3, -0.25) is 9.38 Å². The number of thiophene rings is 1. The summed E-state index contributed by atoms with van der Waals surface area (Å²) >= 11 is 1.59. The van der Waals surface area contributed by atoms with Gasteiger partial charge in [-0.25, -0.2) is 4.98 Å². The zero-order chi connectivity index (χ0) is 14.7. The van der Waals surface area contributed by atoms with E-state index in [1.807, 2.05) is 34.3 Å². The van der Waals surface area contributed by atoms with E-state index in [0.717, 1.165) is 16.2 Å². The Morgan fingerprint density at radius 3 is 3.14 bits per heavy atom. The zero-order valence-electron chi connectivity index (χ0n) is 11.8. The number of rotatable bonds is 6. The van der Waals surface area contributed by atoms with Crippen LogP contribution in [0.5, 0.6) is 0 Å². The summed E-state index contributed by atoms with van der Waals surface area (Å²) in [4.78, 5) is 9.38. The second-order valence-corrected chi connectivity index (χ2v) is 6.08. The van der Waals surface area contributed by atoms with Gasteiger partial charge in [0.15, 0.2) is 5.65 Å². The molecule has 0 spiro atoms. The summed E-state index contributed by atoms with van der Waals surface area (Å²) in [5, 5.41) is 15.6. The quantitative estimate of drug-likeness (QED) is 0.734. The monoisotopic (exact) mass is 302 g/mol. The van der Waals surface area contributed by atoms with Gasteiger partial charge in [0.2, 0.25) is 0 Å². The molecule has 0 saturated carbocycles. The van der Waals surface area contributed by atoms with Crippen LogP contribution >= 0.6 is 11.3 Å². The summed E-state index contributed by atoms with van der Waals surface area (Å²) in [6.45, 7) is 2.80. The number of aliphatic hydroxyl groups excluding tert-OH is 1. The van der Waals surface area contributed by atoms with Gasteiger partial charge in [0.05, 0.1) is 24.2 Å². The number of fused-ring (bicyclic) bond motifs is 1. The molecule has 0 aromatic carbocycles. The number of imidazole rings is 1. The minimum atomic E-state index is -0.404. The lowest BCUT2D eigenvalue weighted by molar-refractivity contribution is 0.157. The van der Waals surface area contributed by atoms with Crippen LogP contribution in [0.2, 0.25) is 0 Å². The number of aromatic nitrogens is 3. The fourth-order valence-electron chi connectivity index (χ4n) is 2.32. The molecule has 3 aromatic rings. The van der Waals surface area contributed by atoms with Crippen molar-refractivity contribution in [3.63, 3.8) is 0 Å². The molecule has 0 aliphatic carbocycles. The maximum absolute atomic E-state index is 10.2. The van der Waals surface area contributed by atoms with Crippen molar-refractivity contribution in [2.24, 2.45) is 0 Å². The molecule has 0 amide bonds. The lowest BCUT2D eigenvalue weighted by Gasteiger charge is -2.17. The predicted octanol–water partition coefficient (Wildman–Crippen LogP) is 2.39. The van der Waals surface area contributed by atoms with Crippen molar-refractivity contribution in [3.05, 3.63) is 52.9 Å². The van der Waals surface area contributed by atoms with Gasteiger partial charge in [-0.15, -0.1) is 11.3 Å². The Bertz CT molecular complexity index is 695. The smallest absolute Gasteiger partial charge is 0.155 e. The maximum atomic E-state index is 10.2. The topological polar surface area (TPSA) is 62.5 Å². The molecule has 3 rings (SSSR count). The largest absolute Gasteiger partial charge is 0.388 e. The highest BCUT2D eigenvalue weighted by Gasteiger charge is 2.13. The molecule has 5 nitrogen and oxygen atoms in total. The molecule has 0 aliphatic rings. The fourth-order valence-corrected chi connectivity index (χ4v) is 3.04. The highest BCUT2D eigenvalue weighted by molar-refractivity contribution is 7.10. The van der Waals surface area contributed by atoms with Crippen LogP contribution in [0.25, 0.3) is 5.65 Å². The molecular weight excluding hydrogens is 284 g/mol. The second kappa shape index (κ2) is 6.34. The van der Waals surface area contributed by atoms with Crippen LogP contribution in [-0.4, -0.2) is 25.5 Å². The number of hydrogen-bond donors (Lipinski definition) is 2. The van der Waals surface area contributed by atoms with Crippen molar-refractivity contribution in [1.29, 1.82) is 0 Å². The summed E-state index contributed by atoms with van der Waals surface area (Å²) in [6.07, 6.45) is 7.55. The zero-order valence-corrected chi connectivity index (χ0v) is 12.6. The van der Waals surface area contributed by atoms with E-state index in [1.165, 1.54) is 0 Å². The first-order valence-electron chi connectivity index (χ1n) is 6.95. The molecule has 3 aromatic heterocycles. The van der Waals surface area contributed by atoms with Gasteiger partial charge in [-0.2, -0.15) is 0 Å². The normalized spacial score (nSPS) is 14.4. The van der Waals surface area contributed by atoms with Gasteiger partial charge in [0.1, 0.15) is 0 Å². The molecule has 0 bridgehead atoms. The van der Waals surface area contributed by atoms with Crippen LogP contribution in [0.4, 0.5) is 0 Å². The average molecular weight is 302 g/mol. The molecule has 0 radical (unpaired) electrons. The maximum Gasteiger partial charge on any atom is 0.155 e. The summed E-state index contributed by atoms with van der Waals surface area (Å²) in [6, 6.07) is 4.15. The second-order valence-electron chi connectivity index (χ2n) is 5.10. The lowest BCUT2D eigenvalue weighted by Crippen LogP contribution is -2.27. The highest BCUT2D eigenvalue weighted by atomic mass is 32.1. The van der Waals surface area contributed by atoms with Gasteiger partial charge >= 0.3 is 0 Å². The number of nitrogens with one attached hydrogen (secondary N) is 1. The minimum absolute atomic E-state index is 0.217. The summed E-state index contributed by atoms with van der Waals surface area (Å²) in [7, 11) is 0. The van der Waals surface area contributed by atoms with Crippen molar-refractivity contribution in [1.82, 2.24) is 19.7 Å². The number of aliphatic hydroxyl groups is 1. The summed E-state index contributed by atoms with van der Waals surface area (Å²) < 4.78 is 2.02. The van der Waals surface area contributed by atoms with E-state index < -0.39 is 6.10 Å². The SMILES string of the molecule is CC(CC(O)c1cccs1)NCc1cnc2cnccn12. The van der Waals surface area contributed by atoms with Gasteiger partial charge in [-0.1, -0.05) is 6.07 Å². The Kier molecular flexibility index (Phi) is 4.28. The predicted molar refractivity (Wildman–Crippen MR) is 83.2 cm³/mol. The van der Waals surface area contributed by atoms with Crippen LogP contribution in [0.15, 0.2) is 42.3 Å². The minimum Gasteiger partial charge on any atom is -0.388 e. The van der Waals surface area contributed by atoms with Gasteiger partial charge in [0, 0.05) is 29.9 Å². The van der Waals surface area contributed by atoms with Crippen molar-refractivity contribution >= 4 is 17.0 Å². The van der Waals surface area contributed by atoms with Crippen molar-refractivity contribution in [2.45, 2.75) is 32.0 Å². The first-order chi connectivity index (χ1) is 10.2. The molecule has 2 unspecified atom stereocenters. The molecule has 21 heavy (non-hydrogen) atoms. The summed E-state index contributed by atoms with van der Waals surface area (Å²) in [5.74, 6) is 0.